The Hall–Kier alpha value is -2.82. The SMILES string of the molecule is O=C(CSc1nnc(NC(=O)c2cccc3ccccc23)s1)Nc1nccs1. The summed E-state index contributed by atoms with van der Waals surface area (Å²) in [6.07, 6.45) is 1.63. The summed E-state index contributed by atoms with van der Waals surface area (Å²) in [5.41, 5.74) is 0.574. The molecular formula is C18H13N5O2S3. The molecule has 2 aromatic heterocycles. The molecule has 0 radical (unpaired) electrons. The molecule has 4 aromatic rings. The molecule has 0 aliphatic heterocycles. The number of nitrogens with zero attached hydrogens (tertiary/aromatic N) is 3. The van der Waals surface area contributed by atoms with Gasteiger partial charge in [-0.25, -0.2) is 4.98 Å². The number of hydrogen-bond acceptors (Lipinski definition) is 8. The zero-order valence-corrected chi connectivity index (χ0v) is 16.7. The normalized spacial score (nSPS) is 10.7. The Morgan fingerprint density at radius 3 is 2.71 bits per heavy atom. The van der Waals surface area contributed by atoms with Gasteiger partial charge in [0.2, 0.25) is 11.0 Å². The van der Waals surface area contributed by atoms with Crippen LogP contribution in [0.4, 0.5) is 10.3 Å². The summed E-state index contributed by atoms with van der Waals surface area (Å²) >= 11 is 3.84. The first-order valence-electron chi connectivity index (χ1n) is 8.14. The van der Waals surface area contributed by atoms with Crippen molar-refractivity contribution in [1.29, 1.82) is 0 Å². The molecule has 0 saturated heterocycles. The van der Waals surface area contributed by atoms with Crippen LogP contribution in [-0.4, -0.2) is 32.7 Å². The van der Waals surface area contributed by atoms with E-state index in [0.29, 0.717) is 20.2 Å². The van der Waals surface area contributed by atoms with E-state index in [-0.39, 0.29) is 17.6 Å². The van der Waals surface area contributed by atoms with Crippen molar-refractivity contribution in [2.75, 3.05) is 16.4 Å². The summed E-state index contributed by atoms with van der Waals surface area (Å²) < 4.78 is 0.600. The molecule has 0 aliphatic carbocycles. The van der Waals surface area contributed by atoms with Crippen LogP contribution in [0.15, 0.2) is 58.4 Å². The smallest absolute Gasteiger partial charge is 0.258 e. The maximum absolute atomic E-state index is 12.6. The van der Waals surface area contributed by atoms with E-state index in [0.717, 1.165) is 10.8 Å². The monoisotopic (exact) mass is 427 g/mol. The summed E-state index contributed by atoms with van der Waals surface area (Å²) in [4.78, 5) is 28.5. The third-order valence-corrected chi connectivity index (χ3v) is 6.33. The first-order valence-corrected chi connectivity index (χ1v) is 10.8. The minimum Gasteiger partial charge on any atom is -0.301 e. The molecule has 2 N–H and O–H groups in total. The van der Waals surface area contributed by atoms with Crippen LogP contribution in [0.25, 0.3) is 10.8 Å². The molecule has 28 heavy (non-hydrogen) atoms. The van der Waals surface area contributed by atoms with Crippen LogP contribution in [0.3, 0.4) is 0 Å². The molecule has 2 aromatic carbocycles. The maximum atomic E-state index is 12.6. The third kappa shape index (κ3) is 4.35. The van der Waals surface area contributed by atoms with Crippen LogP contribution in [0.5, 0.6) is 0 Å². The Morgan fingerprint density at radius 2 is 1.86 bits per heavy atom. The van der Waals surface area contributed by atoms with Crippen molar-refractivity contribution in [2.45, 2.75) is 4.34 Å². The molecule has 10 heteroatoms. The Bertz CT molecular complexity index is 1120. The Kier molecular flexibility index (Phi) is 5.60. The molecule has 140 valence electrons. The van der Waals surface area contributed by atoms with Crippen LogP contribution in [0, 0.1) is 0 Å². The van der Waals surface area contributed by atoms with Gasteiger partial charge in [-0.05, 0) is 16.8 Å². The van der Waals surface area contributed by atoms with Gasteiger partial charge in [-0.2, -0.15) is 0 Å². The van der Waals surface area contributed by atoms with E-state index in [2.05, 4.69) is 25.8 Å². The zero-order chi connectivity index (χ0) is 19.3. The molecule has 0 spiro atoms. The van der Waals surface area contributed by atoms with Gasteiger partial charge in [0.15, 0.2) is 9.47 Å². The van der Waals surface area contributed by atoms with Crippen molar-refractivity contribution < 1.29 is 9.59 Å². The predicted molar refractivity (Wildman–Crippen MR) is 113 cm³/mol. The topological polar surface area (TPSA) is 96.9 Å². The molecular weight excluding hydrogens is 414 g/mol. The number of thioether (sulfide) groups is 1. The van der Waals surface area contributed by atoms with Crippen molar-refractivity contribution >= 4 is 67.3 Å². The van der Waals surface area contributed by atoms with Crippen molar-refractivity contribution in [3.05, 3.63) is 59.6 Å². The van der Waals surface area contributed by atoms with Gasteiger partial charge in [-0.3, -0.25) is 14.9 Å². The summed E-state index contributed by atoms with van der Waals surface area (Å²) in [5.74, 6) is -0.228. The van der Waals surface area contributed by atoms with E-state index in [1.165, 1.54) is 34.4 Å². The fraction of sp³-hybridized carbons (Fsp3) is 0.0556. The lowest BCUT2D eigenvalue weighted by atomic mass is 10.0. The molecule has 4 rings (SSSR count). The number of thiazole rings is 1. The number of carbonyl (C=O) groups excluding carboxylic acids is 2. The van der Waals surface area contributed by atoms with Crippen molar-refractivity contribution in [3.63, 3.8) is 0 Å². The maximum Gasteiger partial charge on any atom is 0.258 e. The van der Waals surface area contributed by atoms with Gasteiger partial charge in [0, 0.05) is 17.1 Å². The van der Waals surface area contributed by atoms with Crippen molar-refractivity contribution in [2.24, 2.45) is 0 Å². The molecule has 0 bridgehead atoms. The second-order valence-corrected chi connectivity index (χ2v) is 8.62. The molecule has 0 atom stereocenters. The Balaban J connectivity index is 1.37. The molecule has 0 aliphatic rings. The lowest BCUT2D eigenvalue weighted by Gasteiger charge is -2.05. The second kappa shape index (κ2) is 8.46. The molecule has 0 unspecified atom stereocenters. The minimum atomic E-state index is -0.244. The Labute approximate surface area is 172 Å². The summed E-state index contributed by atoms with van der Waals surface area (Å²) in [7, 11) is 0. The van der Waals surface area contributed by atoms with Crippen molar-refractivity contribution in [3.8, 4) is 0 Å². The van der Waals surface area contributed by atoms with E-state index in [1.807, 2.05) is 36.4 Å². The van der Waals surface area contributed by atoms with Crippen LogP contribution in [0.2, 0.25) is 0 Å². The van der Waals surface area contributed by atoms with E-state index in [1.54, 1.807) is 17.6 Å². The minimum absolute atomic E-state index is 0.170. The number of benzene rings is 2. The number of rotatable bonds is 6. The first kappa shape index (κ1) is 18.5. The van der Waals surface area contributed by atoms with Crippen LogP contribution in [0.1, 0.15) is 10.4 Å². The average Bonchev–Trinajstić information content (AvgIpc) is 3.38. The second-order valence-electron chi connectivity index (χ2n) is 5.53. The number of carbonyl (C=O) groups is 2. The van der Waals surface area contributed by atoms with Crippen LogP contribution < -0.4 is 10.6 Å². The molecule has 7 nitrogen and oxygen atoms in total. The molecule has 0 fully saturated rings. The lowest BCUT2D eigenvalue weighted by molar-refractivity contribution is -0.113. The van der Waals surface area contributed by atoms with Gasteiger partial charge in [-0.1, -0.05) is 59.5 Å². The van der Waals surface area contributed by atoms with Gasteiger partial charge < -0.3 is 5.32 Å². The highest BCUT2D eigenvalue weighted by atomic mass is 32.2. The van der Waals surface area contributed by atoms with Gasteiger partial charge in [-0.15, -0.1) is 21.5 Å². The standard InChI is InChI=1S/C18H13N5O2S3/c24-14(20-16-19-8-9-26-16)10-27-18-23-22-17(28-18)21-15(25)13-7-3-5-11-4-1-2-6-12(11)13/h1-9H,10H2,(H,19,20,24)(H,21,22,25). The Morgan fingerprint density at radius 1 is 1.00 bits per heavy atom. The molecule has 2 heterocycles. The van der Waals surface area contributed by atoms with E-state index < -0.39 is 0 Å². The largest absolute Gasteiger partial charge is 0.301 e. The highest BCUT2D eigenvalue weighted by molar-refractivity contribution is 8.01. The first-order chi connectivity index (χ1) is 13.7. The predicted octanol–water partition coefficient (Wildman–Crippen LogP) is 4.13. The van der Waals surface area contributed by atoms with Gasteiger partial charge in [0.1, 0.15) is 0 Å². The number of amides is 2. The van der Waals surface area contributed by atoms with Crippen molar-refractivity contribution in [1.82, 2.24) is 15.2 Å². The van der Waals surface area contributed by atoms with E-state index in [9.17, 15) is 9.59 Å². The van der Waals surface area contributed by atoms with Gasteiger partial charge in [0.05, 0.1) is 5.75 Å². The fourth-order valence-electron chi connectivity index (χ4n) is 2.47. The van der Waals surface area contributed by atoms with Crippen LogP contribution in [-0.2, 0) is 4.79 Å². The number of fused-ring (bicyclic) bond motifs is 1. The highest BCUT2D eigenvalue weighted by Gasteiger charge is 2.14. The summed E-state index contributed by atoms with van der Waals surface area (Å²) in [6.45, 7) is 0. The fourth-order valence-corrected chi connectivity index (χ4v) is 4.57. The number of aromatic nitrogens is 3. The highest BCUT2D eigenvalue weighted by Crippen LogP contribution is 2.27. The number of hydrogen-bond donors (Lipinski definition) is 2. The average molecular weight is 428 g/mol. The van der Waals surface area contributed by atoms with Crippen LogP contribution >= 0.6 is 34.4 Å². The number of nitrogens with one attached hydrogen (secondary N) is 2. The zero-order valence-electron chi connectivity index (χ0n) is 14.3. The summed E-state index contributed by atoms with van der Waals surface area (Å²) in [5, 5.41) is 18.1. The quantitative estimate of drug-likeness (QED) is 0.355. The van der Waals surface area contributed by atoms with Gasteiger partial charge >= 0.3 is 0 Å². The molecule has 2 amide bonds. The third-order valence-electron chi connectivity index (χ3n) is 3.67. The van der Waals surface area contributed by atoms with E-state index >= 15 is 0 Å². The van der Waals surface area contributed by atoms with E-state index in [4.69, 9.17) is 0 Å². The lowest BCUT2D eigenvalue weighted by Crippen LogP contribution is -2.13. The molecule has 0 saturated carbocycles. The summed E-state index contributed by atoms with van der Waals surface area (Å²) in [6, 6.07) is 13.3. The van der Waals surface area contributed by atoms with Gasteiger partial charge in [0.25, 0.3) is 5.91 Å². The number of anilines is 2.